The summed E-state index contributed by atoms with van der Waals surface area (Å²) in [4.78, 5) is 12.1. The van der Waals surface area contributed by atoms with Crippen LogP contribution in [0.3, 0.4) is 0 Å². The number of esters is 1. The van der Waals surface area contributed by atoms with Crippen molar-refractivity contribution in [2.45, 2.75) is 32.0 Å². The van der Waals surface area contributed by atoms with E-state index in [2.05, 4.69) is 11.7 Å². The second-order valence-corrected chi connectivity index (χ2v) is 6.41. The fourth-order valence-corrected chi connectivity index (χ4v) is 3.18. The minimum absolute atomic E-state index is 0.00895. The lowest BCUT2D eigenvalue weighted by molar-refractivity contribution is -0.182. The molecule has 148 valence electrons. The Morgan fingerprint density at radius 1 is 1.30 bits per heavy atom. The van der Waals surface area contributed by atoms with Gasteiger partial charge >= 0.3 is 12.1 Å². The molecule has 10 heteroatoms. The molecule has 0 aromatic heterocycles. The molecule has 1 aromatic rings. The van der Waals surface area contributed by atoms with E-state index in [1.165, 1.54) is 32.0 Å². The van der Waals surface area contributed by atoms with Gasteiger partial charge in [-0.1, -0.05) is 29.8 Å². The van der Waals surface area contributed by atoms with E-state index >= 15 is 0 Å². The van der Waals surface area contributed by atoms with E-state index in [0.29, 0.717) is 5.01 Å². The lowest BCUT2D eigenvalue weighted by Crippen LogP contribution is -2.57. The third-order valence-electron chi connectivity index (χ3n) is 3.90. The summed E-state index contributed by atoms with van der Waals surface area (Å²) < 4.78 is 52.8. The first-order valence-electron chi connectivity index (χ1n) is 7.97. The highest BCUT2D eigenvalue weighted by Crippen LogP contribution is 2.50. The van der Waals surface area contributed by atoms with Gasteiger partial charge in [0.25, 0.3) is 0 Å². The topological polar surface area (TPSA) is 51.1 Å². The molecule has 0 fully saturated rings. The smallest absolute Gasteiger partial charge is 0.421 e. The van der Waals surface area contributed by atoms with Gasteiger partial charge in [0.2, 0.25) is 5.54 Å². The number of alkyl halides is 3. The Morgan fingerprint density at radius 3 is 2.44 bits per heavy atom. The molecule has 2 rings (SSSR count). The third kappa shape index (κ3) is 3.87. The molecular weight excluding hydrogens is 408 g/mol. The number of carbonyl (C=O) groups excluding carboxylic acids is 1. The van der Waals surface area contributed by atoms with E-state index in [-0.39, 0.29) is 28.9 Å². The van der Waals surface area contributed by atoms with Gasteiger partial charge in [0.1, 0.15) is 11.5 Å². The summed E-state index contributed by atoms with van der Waals surface area (Å²) in [5, 5.41) is 4.65. The molecule has 0 amide bonds. The Bertz CT molecular complexity index is 783. The normalized spacial score (nSPS) is 19.7. The van der Waals surface area contributed by atoms with E-state index in [4.69, 9.17) is 32.7 Å². The van der Waals surface area contributed by atoms with Crippen molar-refractivity contribution in [3.05, 3.63) is 40.6 Å². The molecule has 0 aliphatic carbocycles. The molecule has 0 N–H and O–H groups in total. The minimum atomic E-state index is -4.89. The van der Waals surface area contributed by atoms with Crippen LogP contribution in [-0.4, -0.2) is 36.6 Å². The predicted molar refractivity (Wildman–Crippen MR) is 97.2 cm³/mol. The van der Waals surface area contributed by atoms with Crippen molar-refractivity contribution in [2.24, 2.45) is 5.10 Å². The van der Waals surface area contributed by atoms with Gasteiger partial charge in [0, 0.05) is 11.4 Å². The van der Waals surface area contributed by atoms with E-state index in [1.807, 2.05) is 0 Å². The quantitative estimate of drug-likeness (QED) is 0.477. The molecule has 1 heterocycles. The van der Waals surface area contributed by atoms with Crippen molar-refractivity contribution in [3.8, 4) is 0 Å². The molecule has 0 saturated carbocycles. The average molecular weight is 425 g/mol. The Labute approximate surface area is 164 Å². The lowest BCUT2D eigenvalue weighted by atomic mass is 9.89. The van der Waals surface area contributed by atoms with Gasteiger partial charge in [-0.05, 0) is 32.0 Å². The first-order chi connectivity index (χ1) is 12.6. The second kappa shape index (κ2) is 7.98. The summed E-state index contributed by atoms with van der Waals surface area (Å²) in [6, 6.07) is 3.92. The number of rotatable bonds is 6. The van der Waals surface area contributed by atoms with E-state index in [0.717, 1.165) is 0 Å². The van der Waals surface area contributed by atoms with Gasteiger partial charge in [-0.25, -0.2) is 9.80 Å². The standard InChI is InChI=1S/C17H17Cl2F3N2O3/c1-4-26-10(3)16(17(20,21)22)9-13(15(25)27-5-2)23-24(16)14-7-6-11(18)8-12(14)19/h6-8H,3-5,9H2,1-2H3. The molecule has 0 radical (unpaired) electrons. The first-order valence-corrected chi connectivity index (χ1v) is 8.72. The van der Waals surface area contributed by atoms with Gasteiger partial charge in [-0.15, -0.1) is 0 Å². The van der Waals surface area contributed by atoms with E-state index < -0.39 is 35.6 Å². The third-order valence-corrected chi connectivity index (χ3v) is 4.44. The molecule has 5 nitrogen and oxygen atoms in total. The number of halogens is 5. The Balaban J connectivity index is 2.68. The summed E-state index contributed by atoms with van der Waals surface area (Å²) >= 11 is 11.9. The van der Waals surface area contributed by atoms with Gasteiger partial charge in [0.15, 0.2) is 0 Å². The maximum Gasteiger partial charge on any atom is 0.421 e. The molecule has 0 saturated heterocycles. The number of hydrazone groups is 1. The largest absolute Gasteiger partial charge is 0.496 e. The Kier molecular flexibility index (Phi) is 6.32. The molecule has 1 unspecified atom stereocenters. The maximum atomic E-state index is 14.3. The second-order valence-electron chi connectivity index (χ2n) is 5.57. The molecule has 1 aliphatic rings. The Morgan fingerprint density at radius 2 is 1.93 bits per heavy atom. The Hall–Kier alpha value is -1.93. The molecular formula is C17H17Cl2F3N2O3. The fraction of sp³-hybridized carbons (Fsp3) is 0.412. The van der Waals surface area contributed by atoms with Crippen LogP contribution < -0.4 is 5.01 Å². The zero-order chi connectivity index (χ0) is 20.4. The van der Waals surface area contributed by atoms with Crippen LogP contribution in [0.2, 0.25) is 10.0 Å². The van der Waals surface area contributed by atoms with Crippen LogP contribution in [0.5, 0.6) is 0 Å². The minimum Gasteiger partial charge on any atom is -0.496 e. The van der Waals surface area contributed by atoms with Crippen molar-refractivity contribution in [3.63, 3.8) is 0 Å². The van der Waals surface area contributed by atoms with E-state index in [1.54, 1.807) is 0 Å². The molecule has 27 heavy (non-hydrogen) atoms. The number of carbonyl (C=O) groups is 1. The molecule has 1 aromatic carbocycles. The maximum absolute atomic E-state index is 14.3. The van der Waals surface area contributed by atoms with Crippen molar-refractivity contribution < 1.29 is 27.4 Å². The number of nitrogens with zero attached hydrogens (tertiary/aromatic N) is 2. The monoisotopic (exact) mass is 424 g/mol. The molecule has 1 atom stereocenters. The summed E-state index contributed by atoms with van der Waals surface area (Å²) in [6.45, 7) is 6.46. The van der Waals surface area contributed by atoms with Crippen LogP contribution in [0.25, 0.3) is 0 Å². The number of hydrogen-bond acceptors (Lipinski definition) is 5. The number of anilines is 1. The van der Waals surface area contributed by atoms with Gasteiger partial charge in [-0.3, -0.25) is 0 Å². The summed E-state index contributed by atoms with van der Waals surface area (Å²) in [6.07, 6.45) is -5.72. The summed E-state index contributed by atoms with van der Waals surface area (Å²) in [5.41, 5.74) is -3.33. The predicted octanol–water partition coefficient (Wildman–Crippen LogP) is 4.97. The zero-order valence-electron chi connectivity index (χ0n) is 14.6. The lowest BCUT2D eigenvalue weighted by Gasteiger charge is -2.39. The van der Waals surface area contributed by atoms with Gasteiger partial charge < -0.3 is 9.47 Å². The number of hydrogen-bond donors (Lipinski definition) is 0. The van der Waals surface area contributed by atoms with Crippen LogP contribution in [0, 0.1) is 0 Å². The highest BCUT2D eigenvalue weighted by molar-refractivity contribution is 6.38. The SMILES string of the molecule is C=C(OCC)C1(C(F)(F)F)CC(C(=O)OCC)=NN1c1ccc(Cl)cc1Cl. The highest BCUT2D eigenvalue weighted by Gasteiger charge is 2.66. The number of ether oxygens (including phenoxy) is 2. The molecule has 0 spiro atoms. The van der Waals surface area contributed by atoms with Crippen molar-refractivity contribution in [1.82, 2.24) is 0 Å². The number of benzene rings is 1. The van der Waals surface area contributed by atoms with Crippen LogP contribution >= 0.6 is 23.2 Å². The van der Waals surface area contributed by atoms with Gasteiger partial charge in [0.05, 0.1) is 23.9 Å². The van der Waals surface area contributed by atoms with Crippen molar-refractivity contribution in [1.29, 1.82) is 0 Å². The summed E-state index contributed by atoms with van der Waals surface area (Å²) in [7, 11) is 0. The summed E-state index contributed by atoms with van der Waals surface area (Å²) in [5.74, 6) is -1.56. The molecule has 0 bridgehead atoms. The van der Waals surface area contributed by atoms with Crippen LogP contribution in [0.15, 0.2) is 35.6 Å². The average Bonchev–Trinajstić information content (AvgIpc) is 2.97. The first kappa shape index (κ1) is 21.4. The highest BCUT2D eigenvalue weighted by atomic mass is 35.5. The van der Waals surface area contributed by atoms with Crippen molar-refractivity contribution >= 4 is 40.6 Å². The van der Waals surface area contributed by atoms with Crippen LogP contribution in [0.4, 0.5) is 18.9 Å². The van der Waals surface area contributed by atoms with Crippen LogP contribution in [-0.2, 0) is 14.3 Å². The van der Waals surface area contributed by atoms with Gasteiger partial charge in [-0.2, -0.15) is 18.3 Å². The van der Waals surface area contributed by atoms with Crippen molar-refractivity contribution in [2.75, 3.05) is 18.2 Å². The van der Waals surface area contributed by atoms with E-state index in [9.17, 15) is 18.0 Å². The van der Waals surface area contributed by atoms with Crippen LogP contribution in [0.1, 0.15) is 20.3 Å². The molecule has 1 aliphatic heterocycles. The fourth-order valence-electron chi connectivity index (χ4n) is 2.69. The zero-order valence-corrected chi connectivity index (χ0v) is 16.1.